The molecule has 158 valence electrons. The van der Waals surface area contributed by atoms with Crippen molar-refractivity contribution < 1.29 is 49.0 Å². The zero-order valence-electron chi connectivity index (χ0n) is 16.0. The van der Waals surface area contributed by atoms with Crippen molar-refractivity contribution in [1.29, 1.82) is 0 Å². The van der Waals surface area contributed by atoms with Crippen molar-refractivity contribution in [2.24, 2.45) is 0 Å². The summed E-state index contributed by atoms with van der Waals surface area (Å²) < 4.78 is 20.3. The zero-order valence-corrected chi connectivity index (χ0v) is 16.0. The Kier molecular flexibility index (Phi) is 7.96. The predicted molar refractivity (Wildman–Crippen MR) is 89.5 cm³/mol. The fourth-order valence-electron chi connectivity index (χ4n) is 2.70. The maximum atomic E-state index is 12.1. The third kappa shape index (κ3) is 5.74. The van der Waals surface area contributed by atoms with Crippen LogP contribution >= 0.6 is 0 Å². The molecule has 1 saturated heterocycles. The molecule has 0 aromatic heterocycles. The number of aliphatic hydroxyl groups is 4. The lowest BCUT2D eigenvalue weighted by molar-refractivity contribution is -0.304. The molecule has 0 radical (unpaired) electrons. The normalized spacial score (nSPS) is 30.9. The summed E-state index contributed by atoms with van der Waals surface area (Å²) in [6.07, 6.45) is -7.73. The molecule has 11 heteroatoms. The summed E-state index contributed by atoms with van der Waals surface area (Å²) in [6, 6.07) is -1.27. The second kappa shape index (κ2) is 9.13. The van der Waals surface area contributed by atoms with Crippen LogP contribution in [0.1, 0.15) is 27.2 Å². The SMILES string of the molecule is COC(=O)[C@@]1(OC)C[C@H](O)[C@@H](NC(=O)OC(C)(C)C)[C@H]([C@H](O)[C@H](O)CO)O1. The number of alkyl carbamates (subject to hydrolysis) is 1. The summed E-state index contributed by atoms with van der Waals surface area (Å²) in [5, 5.41) is 42.1. The maximum absolute atomic E-state index is 12.1. The van der Waals surface area contributed by atoms with E-state index >= 15 is 0 Å². The second-order valence-electron chi connectivity index (χ2n) is 7.22. The molecular formula is C16H29NO10. The Balaban J connectivity index is 3.16. The maximum Gasteiger partial charge on any atom is 0.408 e. The molecule has 0 unspecified atom stereocenters. The monoisotopic (exact) mass is 395 g/mol. The van der Waals surface area contributed by atoms with Gasteiger partial charge in [-0.05, 0) is 20.8 Å². The third-order valence-electron chi connectivity index (χ3n) is 4.00. The number of methoxy groups -OCH3 is 2. The van der Waals surface area contributed by atoms with E-state index in [4.69, 9.17) is 19.3 Å². The van der Waals surface area contributed by atoms with Crippen molar-refractivity contribution >= 4 is 12.1 Å². The highest BCUT2D eigenvalue weighted by molar-refractivity contribution is 5.78. The minimum atomic E-state index is -2.07. The van der Waals surface area contributed by atoms with Gasteiger partial charge in [-0.25, -0.2) is 9.59 Å². The molecule has 1 rings (SSSR count). The molecule has 6 atom stereocenters. The molecule has 0 aromatic rings. The Morgan fingerprint density at radius 2 is 1.89 bits per heavy atom. The van der Waals surface area contributed by atoms with Gasteiger partial charge in [0, 0.05) is 13.5 Å². The van der Waals surface area contributed by atoms with Crippen LogP contribution in [0.3, 0.4) is 0 Å². The van der Waals surface area contributed by atoms with Crippen molar-refractivity contribution in [3.8, 4) is 0 Å². The van der Waals surface area contributed by atoms with E-state index in [1.54, 1.807) is 20.8 Å². The Hall–Kier alpha value is -1.50. The summed E-state index contributed by atoms with van der Waals surface area (Å²) in [4.78, 5) is 24.2. The minimum Gasteiger partial charge on any atom is -0.465 e. The standard InChI is InChI=1S/C16H29NO10/c1-15(2,3)27-14(23)17-10-8(19)6-16(25-5,13(22)24-4)26-12(10)11(21)9(20)7-18/h8-12,18-21H,6-7H2,1-5H3,(H,17,23)/t8-,9+,10+,11+,12+,16+/m0/s1. The Morgan fingerprint density at radius 3 is 2.33 bits per heavy atom. The van der Waals surface area contributed by atoms with Crippen LogP contribution in [0, 0.1) is 0 Å². The molecule has 0 saturated carbocycles. The number of rotatable bonds is 6. The second-order valence-corrected chi connectivity index (χ2v) is 7.22. The summed E-state index contributed by atoms with van der Waals surface area (Å²) in [5.74, 6) is -3.04. The fraction of sp³-hybridized carbons (Fsp3) is 0.875. The van der Waals surface area contributed by atoms with Crippen molar-refractivity contribution in [3.05, 3.63) is 0 Å². The van der Waals surface area contributed by atoms with Gasteiger partial charge in [0.2, 0.25) is 0 Å². The largest absolute Gasteiger partial charge is 0.465 e. The Morgan fingerprint density at radius 1 is 1.30 bits per heavy atom. The number of ether oxygens (including phenoxy) is 4. The van der Waals surface area contributed by atoms with Crippen molar-refractivity contribution in [1.82, 2.24) is 5.32 Å². The van der Waals surface area contributed by atoms with E-state index < -0.39 is 66.9 Å². The van der Waals surface area contributed by atoms with Gasteiger partial charge in [-0.1, -0.05) is 0 Å². The summed E-state index contributed by atoms with van der Waals surface area (Å²) in [6.45, 7) is 4.08. The van der Waals surface area contributed by atoms with Crippen molar-refractivity contribution in [2.75, 3.05) is 20.8 Å². The van der Waals surface area contributed by atoms with Gasteiger partial charge in [0.05, 0.1) is 25.9 Å². The molecule has 0 bridgehead atoms. The van der Waals surface area contributed by atoms with E-state index in [2.05, 4.69) is 10.1 Å². The van der Waals surface area contributed by atoms with E-state index in [0.29, 0.717) is 0 Å². The number of aliphatic hydroxyl groups excluding tert-OH is 4. The van der Waals surface area contributed by atoms with Gasteiger partial charge in [-0.2, -0.15) is 0 Å². The van der Waals surface area contributed by atoms with Gasteiger partial charge in [-0.15, -0.1) is 0 Å². The molecule has 1 fully saturated rings. The van der Waals surface area contributed by atoms with E-state index in [0.717, 1.165) is 14.2 Å². The van der Waals surface area contributed by atoms with Gasteiger partial charge < -0.3 is 44.7 Å². The van der Waals surface area contributed by atoms with Crippen LogP contribution in [-0.2, 0) is 23.7 Å². The topological polar surface area (TPSA) is 164 Å². The lowest BCUT2D eigenvalue weighted by Gasteiger charge is -2.46. The first-order chi connectivity index (χ1) is 12.4. The zero-order chi connectivity index (χ0) is 21.0. The highest BCUT2D eigenvalue weighted by Crippen LogP contribution is 2.33. The van der Waals surface area contributed by atoms with Gasteiger partial charge >= 0.3 is 12.1 Å². The average molecular weight is 395 g/mol. The molecule has 0 spiro atoms. The van der Waals surface area contributed by atoms with Gasteiger partial charge in [0.15, 0.2) is 0 Å². The molecule has 11 nitrogen and oxygen atoms in total. The Labute approximate surface area is 157 Å². The first-order valence-corrected chi connectivity index (χ1v) is 8.36. The number of nitrogens with one attached hydrogen (secondary N) is 1. The predicted octanol–water partition coefficient (Wildman–Crippen LogP) is -1.74. The van der Waals surface area contributed by atoms with E-state index in [1.807, 2.05) is 0 Å². The highest BCUT2D eigenvalue weighted by Gasteiger charge is 2.56. The molecule has 1 amide bonds. The van der Waals surface area contributed by atoms with Crippen LogP contribution in [0.2, 0.25) is 0 Å². The smallest absolute Gasteiger partial charge is 0.408 e. The highest BCUT2D eigenvalue weighted by atomic mass is 16.7. The first-order valence-electron chi connectivity index (χ1n) is 8.36. The molecule has 0 aromatic carbocycles. The van der Waals surface area contributed by atoms with Crippen molar-refractivity contribution in [2.45, 2.75) is 69.0 Å². The average Bonchev–Trinajstić information content (AvgIpc) is 2.59. The van der Waals surface area contributed by atoms with Gasteiger partial charge in [-0.3, -0.25) is 0 Å². The van der Waals surface area contributed by atoms with E-state index in [-0.39, 0.29) is 0 Å². The van der Waals surface area contributed by atoms with Crippen LogP contribution in [-0.4, -0.2) is 95.2 Å². The number of carbonyl (C=O) groups is 2. The Bertz CT molecular complexity index is 522. The number of amides is 1. The van der Waals surface area contributed by atoms with Crippen LogP contribution in [0.15, 0.2) is 0 Å². The number of esters is 1. The van der Waals surface area contributed by atoms with Crippen LogP contribution < -0.4 is 5.32 Å². The summed E-state index contributed by atoms with van der Waals surface area (Å²) in [7, 11) is 2.22. The summed E-state index contributed by atoms with van der Waals surface area (Å²) >= 11 is 0. The number of hydrogen-bond donors (Lipinski definition) is 5. The first kappa shape index (κ1) is 23.5. The van der Waals surface area contributed by atoms with E-state index in [1.165, 1.54) is 0 Å². The van der Waals surface area contributed by atoms with Gasteiger partial charge in [0.25, 0.3) is 5.79 Å². The van der Waals surface area contributed by atoms with Crippen LogP contribution in [0.25, 0.3) is 0 Å². The minimum absolute atomic E-state index is 0.422. The van der Waals surface area contributed by atoms with Gasteiger partial charge in [0.1, 0.15) is 23.9 Å². The quantitative estimate of drug-likeness (QED) is 0.326. The number of hydrogen-bond acceptors (Lipinski definition) is 10. The molecule has 5 N–H and O–H groups in total. The molecule has 0 aliphatic carbocycles. The number of carbonyl (C=O) groups excluding carboxylic acids is 2. The molecule has 27 heavy (non-hydrogen) atoms. The van der Waals surface area contributed by atoms with Crippen molar-refractivity contribution in [3.63, 3.8) is 0 Å². The summed E-state index contributed by atoms with van der Waals surface area (Å²) in [5.41, 5.74) is -0.828. The van der Waals surface area contributed by atoms with Crippen LogP contribution in [0.4, 0.5) is 4.79 Å². The van der Waals surface area contributed by atoms with E-state index in [9.17, 15) is 24.9 Å². The van der Waals surface area contributed by atoms with Crippen LogP contribution in [0.5, 0.6) is 0 Å². The lowest BCUT2D eigenvalue weighted by Crippen LogP contribution is -2.68. The third-order valence-corrected chi connectivity index (χ3v) is 4.00. The molecule has 1 aliphatic heterocycles. The molecule has 1 heterocycles. The fourth-order valence-corrected chi connectivity index (χ4v) is 2.70. The molecule has 1 aliphatic rings. The molecular weight excluding hydrogens is 366 g/mol. The lowest BCUT2D eigenvalue weighted by atomic mass is 9.88.